The predicted molar refractivity (Wildman–Crippen MR) is 78.2 cm³/mol. The van der Waals surface area contributed by atoms with E-state index < -0.39 is 0 Å². The van der Waals surface area contributed by atoms with Gasteiger partial charge in [0.15, 0.2) is 12.4 Å². The minimum atomic E-state index is -0.0507. The van der Waals surface area contributed by atoms with E-state index in [1.165, 1.54) is 0 Å². The Labute approximate surface area is 122 Å². The van der Waals surface area contributed by atoms with E-state index >= 15 is 0 Å². The summed E-state index contributed by atoms with van der Waals surface area (Å²) in [5.41, 5.74) is 2.49. The Morgan fingerprint density at radius 3 is 2.95 bits per heavy atom. The van der Waals surface area contributed by atoms with Gasteiger partial charge in [-0.25, -0.2) is 0 Å². The summed E-state index contributed by atoms with van der Waals surface area (Å²) in [6.07, 6.45) is 3.46. The molecule has 2 aromatic rings. The van der Waals surface area contributed by atoms with Gasteiger partial charge in [-0.15, -0.1) is 0 Å². The third kappa shape index (κ3) is 2.02. The summed E-state index contributed by atoms with van der Waals surface area (Å²) in [7, 11) is 0. The van der Waals surface area contributed by atoms with E-state index in [1.54, 1.807) is 17.3 Å². The summed E-state index contributed by atoms with van der Waals surface area (Å²) in [4.78, 5) is 17.6. The van der Waals surface area contributed by atoms with Crippen molar-refractivity contribution in [2.24, 2.45) is 0 Å². The van der Waals surface area contributed by atoms with Gasteiger partial charge in [-0.3, -0.25) is 9.78 Å². The molecule has 0 unspecified atom stereocenters. The molecule has 0 bridgehead atoms. The number of pyridine rings is 1. The molecular weight excluding hydrogens is 276 g/mol. The predicted octanol–water partition coefficient (Wildman–Crippen LogP) is 3.15. The lowest BCUT2D eigenvalue weighted by Gasteiger charge is -2.29. The van der Waals surface area contributed by atoms with Crippen LogP contribution >= 0.6 is 11.6 Å². The molecule has 0 spiro atoms. The first-order valence-corrected chi connectivity index (χ1v) is 6.76. The van der Waals surface area contributed by atoms with Gasteiger partial charge >= 0.3 is 0 Å². The molecular formula is C15H13ClN2O2. The van der Waals surface area contributed by atoms with Crippen molar-refractivity contribution in [3.05, 3.63) is 41.7 Å². The largest absolute Gasteiger partial charge is 0.480 e. The number of carbonyl (C=O) groups excluding carboxylic acids is 1. The van der Waals surface area contributed by atoms with Gasteiger partial charge in [0, 0.05) is 30.1 Å². The van der Waals surface area contributed by atoms with E-state index in [1.807, 2.05) is 31.2 Å². The molecule has 102 valence electrons. The van der Waals surface area contributed by atoms with E-state index in [0.717, 1.165) is 16.8 Å². The molecule has 20 heavy (non-hydrogen) atoms. The summed E-state index contributed by atoms with van der Waals surface area (Å²) < 4.78 is 5.52. The minimum Gasteiger partial charge on any atom is -0.480 e. The molecule has 0 N–H and O–H groups in total. The van der Waals surface area contributed by atoms with Crippen molar-refractivity contribution < 1.29 is 9.53 Å². The van der Waals surface area contributed by atoms with Crippen molar-refractivity contribution in [2.75, 3.05) is 18.1 Å². The van der Waals surface area contributed by atoms with E-state index in [-0.39, 0.29) is 12.5 Å². The normalized spacial score (nSPS) is 13.9. The Morgan fingerprint density at radius 1 is 1.40 bits per heavy atom. The Hall–Kier alpha value is -2.07. The lowest BCUT2D eigenvalue weighted by Crippen LogP contribution is -2.38. The third-order valence-corrected chi connectivity index (χ3v) is 3.67. The molecule has 1 amide bonds. The number of halogens is 1. The zero-order valence-corrected chi connectivity index (χ0v) is 11.7. The number of ether oxygens (including phenoxy) is 1. The molecule has 1 aromatic carbocycles. The summed E-state index contributed by atoms with van der Waals surface area (Å²) in [5.74, 6) is 0.514. The fourth-order valence-corrected chi connectivity index (χ4v) is 2.66. The molecule has 4 nitrogen and oxygen atoms in total. The second-order valence-corrected chi connectivity index (χ2v) is 4.82. The van der Waals surface area contributed by atoms with Crippen molar-refractivity contribution >= 4 is 23.2 Å². The third-order valence-electron chi connectivity index (χ3n) is 3.30. The van der Waals surface area contributed by atoms with Gasteiger partial charge in [0.2, 0.25) is 0 Å². The number of nitrogens with zero attached hydrogens (tertiary/aromatic N) is 2. The number of aromatic nitrogens is 1. The fourth-order valence-electron chi connectivity index (χ4n) is 2.33. The quantitative estimate of drug-likeness (QED) is 0.852. The van der Waals surface area contributed by atoms with Crippen LogP contribution in [0.1, 0.15) is 6.92 Å². The van der Waals surface area contributed by atoms with Crippen molar-refractivity contribution in [1.82, 2.24) is 4.98 Å². The molecule has 0 atom stereocenters. The van der Waals surface area contributed by atoms with E-state index in [9.17, 15) is 4.79 Å². The number of likely N-dealkylation sites (N-methyl/N-ethyl adjacent to an activating group) is 1. The van der Waals surface area contributed by atoms with Crippen molar-refractivity contribution in [3.63, 3.8) is 0 Å². The summed E-state index contributed by atoms with van der Waals surface area (Å²) in [5, 5.41) is 0.515. The number of hydrogen-bond donors (Lipinski definition) is 0. The first-order chi connectivity index (χ1) is 9.72. The lowest BCUT2D eigenvalue weighted by atomic mass is 10.1. The van der Waals surface area contributed by atoms with Gasteiger partial charge < -0.3 is 9.64 Å². The standard InChI is InChI=1S/C15H13ClN2O2/c1-2-18-12-6-5-11(10-4-3-7-17-8-10)14(16)15(12)20-9-13(18)19/h3-8H,2,9H2,1H3. The molecule has 0 saturated heterocycles. The maximum absolute atomic E-state index is 11.8. The van der Waals surface area contributed by atoms with Crippen LogP contribution in [-0.2, 0) is 4.79 Å². The average molecular weight is 289 g/mol. The Kier molecular flexibility index (Phi) is 3.32. The highest BCUT2D eigenvalue weighted by atomic mass is 35.5. The molecule has 1 aliphatic rings. The average Bonchev–Trinajstić information content (AvgIpc) is 2.48. The van der Waals surface area contributed by atoms with Crippen LogP contribution in [-0.4, -0.2) is 24.0 Å². The second-order valence-electron chi connectivity index (χ2n) is 4.44. The topological polar surface area (TPSA) is 42.4 Å². The maximum Gasteiger partial charge on any atom is 0.265 e. The Bertz CT molecular complexity index is 658. The summed E-state index contributed by atoms with van der Waals surface area (Å²) in [6, 6.07) is 7.55. The smallest absolute Gasteiger partial charge is 0.265 e. The zero-order chi connectivity index (χ0) is 14.1. The number of benzene rings is 1. The van der Waals surface area contributed by atoms with Crippen LogP contribution in [0, 0.1) is 0 Å². The van der Waals surface area contributed by atoms with E-state index in [2.05, 4.69) is 4.98 Å². The van der Waals surface area contributed by atoms with Crippen LogP contribution < -0.4 is 9.64 Å². The molecule has 0 saturated carbocycles. The van der Waals surface area contributed by atoms with E-state index in [4.69, 9.17) is 16.3 Å². The number of carbonyl (C=O) groups is 1. The number of anilines is 1. The van der Waals surface area contributed by atoms with Crippen LogP contribution in [0.25, 0.3) is 11.1 Å². The molecule has 2 heterocycles. The monoisotopic (exact) mass is 288 g/mol. The van der Waals surface area contributed by atoms with Crippen molar-refractivity contribution in [1.29, 1.82) is 0 Å². The van der Waals surface area contributed by atoms with Gasteiger partial charge in [0.05, 0.1) is 10.7 Å². The SMILES string of the molecule is CCN1C(=O)COc2c1ccc(-c1cccnc1)c2Cl. The second kappa shape index (κ2) is 5.13. The van der Waals surface area contributed by atoms with Gasteiger partial charge in [-0.2, -0.15) is 0 Å². The van der Waals surface area contributed by atoms with Gasteiger partial charge in [0.25, 0.3) is 5.91 Å². The first kappa shape index (κ1) is 12.9. The zero-order valence-electron chi connectivity index (χ0n) is 11.0. The summed E-state index contributed by atoms with van der Waals surface area (Å²) in [6.45, 7) is 2.55. The highest BCUT2D eigenvalue weighted by Crippen LogP contribution is 2.43. The first-order valence-electron chi connectivity index (χ1n) is 6.38. The van der Waals surface area contributed by atoms with Crippen LogP contribution in [0.2, 0.25) is 5.02 Å². The molecule has 0 fully saturated rings. The molecule has 3 rings (SSSR count). The number of amides is 1. The maximum atomic E-state index is 11.8. The van der Waals surface area contributed by atoms with Crippen molar-refractivity contribution in [2.45, 2.75) is 6.92 Å². The van der Waals surface area contributed by atoms with Gasteiger partial charge in [0.1, 0.15) is 0 Å². The molecule has 0 aliphatic carbocycles. The molecule has 5 heteroatoms. The fraction of sp³-hybridized carbons (Fsp3) is 0.200. The van der Waals surface area contributed by atoms with Gasteiger partial charge in [-0.1, -0.05) is 23.7 Å². The number of hydrogen-bond acceptors (Lipinski definition) is 3. The highest BCUT2D eigenvalue weighted by Gasteiger charge is 2.27. The van der Waals surface area contributed by atoms with E-state index in [0.29, 0.717) is 17.3 Å². The molecule has 1 aliphatic heterocycles. The van der Waals surface area contributed by atoms with Crippen LogP contribution in [0.3, 0.4) is 0 Å². The Balaban J connectivity index is 2.13. The number of fused-ring (bicyclic) bond motifs is 1. The molecule has 1 aromatic heterocycles. The Morgan fingerprint density at radius 2 is 2.25 bits per heavy atom. The van der Waals surface area contributed by atoms with Crippen LogP contribution in [0.4, 0.5) is 5.69 Å². The summed E-state index contributed by atoms with van der Waals surface area (Å²) >= 11 is 6.44. The molecule has 0 radical (unpaired) electrons. The van der Waals surface area contributed by atoms with Crippen molar-refractivity contribution in [3.8, 4) is 16.9 Å². The number of rotatable bonds is 2. The van der Waals surface area contributed by atoms with Gasteiger partial charge in [-0.05, 0) is 19.1 Å². The lowest BCUT2D eigenvalue weighted by molar-refractivity contribution is -0.121. The highest BCUT2D eigenvalue weighted by molar-refractivity contribution is 6.35. The van der Waals surface area contributed by atoms with Crippen LogP contribution in [0.15, 0.2) is 36.7 Å². The minimum absolute atomic E-state index is 0.0249. The van der Waals surface area contributed by atoms with Crippen LogP contribution in [0.5, 0.6) is 5.75 Å².